The van der Waals surface area contributed by atoms with Crippen LogP contribution in [0.1, 0.15) is 53.6 Å². The van der Waals surface area contributed by atoms with Crippen LogP contribution >= 0.6 is 0 Å². The molecule has 0 bridgehead atoms. The van der Waals surface area contributed by atoms with E-state index < -0.39 is 0 Å². The second-order valence-corrected chi connectivity index (χ2v) is 17.7. The molecule has 1 aliphatic rings. The van der Waals surface area contributed by atoms with Gasteiger partial charge < -0.3 is 4.57 Å². The summed E-state index contributed by atoms with van der Waals surface area (Å²) in [5, 5.41) is 4.61. The molecule has 65 heavy (non-hydrogen) atoms. The lowest BCUT2D eigenvalue weighted by molar-refractivity contribution is 0.641. The average molecular weight is 835 g/mol. The van der Waals surface area contributed by atoms with E-state index in [1.807, 2.05) is 0 Å². The molecule has 310 valence electrons. The van der Waals surface area contributed by atoms with Gasteiger partial charge in [-0.2, -0.15) is 0 Å². The molecule has 0 radical (unpaired) electrons. The van der Waals surface area contributed by atoms with Crippen molar-refractivity contribution < 1.29 is 0 Å². The molecule has 8 aromatic carbocycles. The Kier molecular flexibility index (Phi) is 9.27. The lowest BCUT2D eigenvalue weighted by Gasteiger charge is -2.26. The zero-order valence-electron chi connectivity index (χ0n) is 36.5. The van der Waals surface area contributed by atoms with Gasteiger partial charge in [0.2, 0.25) is 5.95 Å². The molecule has 0 unspecified atom stereocenters. The van der Waals surface area contributed by atoms with Gasteiger partial charge in [0, 0.05) is 49.3 Å². The molecule has 3 heterocycles. The van der Waals surface area contributed by atoms with E-state index in [1.54, 1.807) is 0 Å². The second-order valence-electron chi connectivity index (χ2n) is 17.7. The highest BCUT2D eigenvalue weighted by molar-refractivity contribution is 6.13. The van der Waals surface area contributed by atoms with Crippen molar-refractivity contribution in [3.63, 3.8) is 0 Å². The van der Waals surface area contributed by atoms with Crippen LogP contribution in [-0.2, 0) is 11.8 Å². The average Bonchev–Trinajstić information content (AvgIpc) is 3.89. The minimum Gasteiger partial charge on any atom is -0.309 e. The number of benzene rings is 8. The maximum Gasteiger partial charge on any atom is 0.235 e. The molecular formula is C61H46N4. The lowest BCUT2D eigenvalue weighted by atomic mass is 9.77. The standard InChI is InChI=1S/C61H46N4/c1-61(2,44-24-8-4-9-25-44)45-26-20-23-43(39-45)57-52-33-14-17-34-54(52)62-60(63-57)65-56-36-19-16-31-49(56)53-40-42(47-29-12-13-32-50(47)59(53)65)37-38-51-48-30-15-18-35-55(48)64(46-27-10-5-11-28-46)58(51)41-21-6-3-7-22-41/h3-11,13-28,30-40H,12,29H2,1-2H3/b38-37+. The van der Waals surface area contributed by atoms with Crippen LogP contribution in [0.15, 0.2) is 200 Å². The molecular weight excluding hydrogens is 789 g/mol. The Labute approximate surface area is 379 Å². The van der Waals surface area contributed by atoms with Crippen molar-refractivity contribution >= 4 is 61.8 Å². The quantitative estimate of drug-likeness (QED) is 0.153. The predicted octanol–water partition coefficient (Wildman–Crippen LogP) is 15.5. The summed E-state index contributed by atoms with van der Waals surface area (Å²) in [7, 11) is 0. The van der Waals surface area contributed by atoms with Gasteiger partial charge in [-0.3, -0.25) is 4.57 Å². The minimum atomic E-state index is -0.199. The van der Waals surface area contributed by atoms with Crippen LogP contribution < -0.4 is 0 Å². The molecule has 0 atom stereocenters. The van der Waals surface area contributed by atoms with Gasteiger partial charge in [-0.05, 0) is 83.1 Å². The fraction of sp³-hybridized carbons (Fsp3) is 0.0820. The van der Waals surface area contributed by atoms with Crippen LogP contribution in [0.5, 0.6) is 0 Å². The summed E-state index contributed by atoms with van der Waals surface area (Å²) in [6, 6.07) is 69.6. The van der Waals surface area contributed by atoms with Gasteiger partial charge in [0.15, 0.2) is 0 Å². The summed E-state index contributed by atoms with van der Waals surface area (Å²) in [5.74, 6) is 0.670. The van der Waals surface area contributed by atoms with Crippen molar-refractivity contribution in [3.05, 3.63) is 234 Å². The van der Waals surface area contributed by atoms with Crippen molar-refractivity contribution in [2.24, 2.45) is 0 Å². The molecule has 0 N–H and O–H groups in total. The van der Waals surface area contributed by atoms with Crippen molar-refractivity contribution in [1.82, 2.24) is 19.1 Å². The van der Waals surface area contributed by atoms with Gasteiger partial charge in [-0.25, -0.2) is 9.97 Å². The number of aromatic nitrogens is 4. The van der Waals surface area contributed by atoms with E-state index >= 15 is 0 Å². The van der Waals surface area contributed by atoms with Crippen LogP contribution in [0.2, 0.25) is 0 Å². The van der Waals surface area contributed by atoms with Crippen LogP contribution in [0.3, 0.4) is 0 Å². The normalized spacial score (nSPS) is 12.8. The Balaban J connectivity index is 1.07. The van der Waals surface area contributed by atoms with E-state index in [2.05, 4.69) is 241 Å². The predicted molar refractivity (Wildman–Crippen MR) is 273 cm³/mol. The largest absolute Gasteiger partial charge is 0.309 e. The lowest BCUT2D eigenvalue weighted by Crippen LogP contribution is -2.18. The summed E-state index contributed by atoms with van der Waals surface area (Å²) < 4.78 is 4.74. The van der Waals surface area contributed by atoms with Crippen molar-refractivity contribution in [2.45, 2.75) is 32.1 Å². The van der Waals surface area contributed by atoms with Crippen molar-refractivity contribution in [1.29, 1.82) is 0 Å². The van der Waals surface area contributed by atoms with Crippen LogP contribution in [0, 0.1) is 0 Å². The van der Waals surface area contributed by atoms with E-state index in [1.165, 1.54) is 66.3 Å². The Bertz CT molecular complexity index is 3660. The first-order valence-electron chi connectivity index (χ1n) is 22.6. The smallest absolute Gasteiger partial charge is 0.235 e. The first kappa shape index (κ1) is 38.6. The first-order valence-corrected chi connectivity index (χ1v) is 22.6. The van der Waals surface area contributed by atoms with E-state index in [4.69, 9.17) is 9.97 Å². The number of rotatable bonds is 8. The molecule has 0 saturated carbocycles. The van der Waals surface area contributed by atoms with E-state index in [9.17, 15) is 0 Å². The van der Waals surface area contributed by atoms with Crippen LogP contribution in [-0.4, -0.2) is 19.1 Å². The van der Waals surface area contributed by atoms with E-state index in [0.29, 0.717) is 5.95 Å². The molecule has 1 aliphatic carbocycles. The Morgan fingerprint density at radius 1 is 0.523 bits per heavy atom. The molecule has 0 amide bonds. The summed E-state index contributed by atoms with van der Waals surface area (Å²) in [4.78, 5) is 10.9. The number of hydrogen-bond donors (Lipinski definition) is 0. The Hall–Kier alpha value is -8.08. The van der Waals surface area contributed by atoms with Crippen LogP contribution in [0.4, 0.5) is 0 Å². The Morgan fingerprint density at radius 2 is 1.15 bits per heavy atom. The number of hydrogen-bond acceptors (Lipinski definition) is 2. The molecule has 3 aromatic heterocycles. The number of nitrogens with zero attached hydrogens (tertiary/aromatic N) is 4. The molecule has 4 heteroatoms. The third kappa shape index (κ3) is 6.44. The third-order valence-electron chi connectivity index (χ3n) is 13.5. The van der Waals surface area contributed by atoms with Gasteiger partial charge in [-0.15, -0.1) is 0 Å². The summed E-state index contributed by atoms with van der Waals surface area (Å²) >= 11 is 0. The fourth-order valence-corrected chi connectivity index (χ4v) is 10.3. The van der Waals surface area contributed by atoms with Crippen molar-refractivity contribution in [3.8, 4) is 34.2 Å². The minimum absolute atomic E-state index is 0.199. The van der Waals surface area contributed by atoms with Crippen LogP contribution in [0.25, 0.3) is 96.0 Å². The maximum absolute atomic E-state index is 5.56. The maximum atomic E-state index is 5.56. The fourth-order valence-electron chi connectivity index (χ4n) is 10.3. The second kappa shape index (κ2) is 15.6. The summed E-state index contributed by atoms with van der Waals surface area (Å²) in [5.41, 5.74) is 17.1. The highest BCUT2D eigenvalue weighted by Gasteiger charge is 2.26. The first-order chi connectivity index (χ1) is 32.0. The molecule has 11 aromatic rings. The van der Waals surface area contributed by atoms with Gasteiger partial charge in [-0.1, -0.05) is 190 Å². The zero-order chi connectivity index (χ0) is 43.5. The monoisotopic (exact) mass is 834 g/mol. The molecule has 4 nitrogen and oxygen atoms in total. The number of para-hydroxylation sites is 4. The van der Waals surface area contributed by atoms with E-state index in [0.717, 1.165) is 51.7 Å². The number of allylic oxidation sites excluding steroid dienone is 1. The molecule has 0 fully saturated rings. The van der Waals surface area contributed by atoms with Gasteiger partial charge in [0.05, 0.1) is 33.5 Å². The summed E-state index contributed by atoms with van der Waals surface area (Å²) in [6.45, 7) is 4.60. The highest BCUT2D eigenvalue weighted by Crippen LogP contribution is 2.43. The topological polar surface area (TPSA) is 35.6 Å². The molecule has 0 spiro atoms. The SMILES string of the molecule is CC(C)(c1ccccc1)c1cccc(-c2nc(-n3c4ccccc4c4cc(/C=C/c5c(-c6ccccc6)n(-c6ccccc6)c6ccccc56)c5c(c43)C=CCC5)nc3ccccc23)c1. The number of fused-ring (bicyclic) bond motifs is 7. The van der Waals surface area contributed by atoms with Gasteiger partial charge in [0.1, 0.15) is 0 Å². The van der Waals surface area contributed by atoms with Gasteiger partial charge in [0.25, 0.3) is 0 Å². The Morgan fingerprint density at radius 3 is 1.94 bits per heavy atom. The molecule has 0 saturated heterocycles. The van der Waals surface area contributed by atoms with Crippen molar-refractivity contribution in [2.75, 3.05) is 0 Å². The highest BCUT2D eigenvalue weighted by atomic mass is 15.2. The van der Waals surface area contributed by atoms with E-state index in [-0.39, 0.29) is 5.41 Å². The molecule has 12 rings (SSSR count). The molecule has 0 aliphatic heterocycles. The third-order valence-corrected chi connectivity index (χ3v) is 13.5. The zero-order valence-corrected chi connectivity index (χ0v) is 36.5. The summed E-state index contributed by atoms with van der Waals surface area (Å²) in [6.07, 6.45) is 11.3. The van der Waals surface area contributed by atoms with Gasteiger partial charge >= 0.3 is 0 Å².